The molecule has 0 atom stereocenters. The molecule has 1 heterocycles. The van der Waals surface area contributed by atoms with E-state index >= 15 is 0 Å². The van der Waals surface area contributed by atoms with E-state index in [4.69, 9.17) is 11.6 Å². The third-order valence-electron chi connectivity index (χ3n) is 4.55. The lowest BCUT2D eigenvalue weighted by molar-refractivity contribution is 0.0951. The zero-order valence-corrected chi connectivity index (χ0v) is 18.2. The molecule has 1 N–H and O–H groups in total. The number of hydrogen-bond donors (Lipinski definition) is 1. The maximum atomic E-state index is 13.0. The summed E-state index contributed by atoms with van der Waals surface area (Å²) in [5, 5.41) is 8.50. The molecule has 0 unspecified atom stereocenters. The Morgan fingerprint density at radius 2 is 1.62 bits per heavy atom. The van der Waals surface area contributed by atoms with Gasteiger partial charge in [-0.25, -0.2) is 4.39 Å². The number of carbonyl (C=O) groups is 1. The lowest BCUT2D eigenvalue weighted by Crippen LogP contribution is -2.23. The van der Waals surface area contributed by atoms with Crippen molar-refractivity contribution >= 4 is 29.3 Å². The molecule has 160 valence electrons. The maximum Gasteiger partial charge on any atom is 0.271 e. The number of amides is 1. The van der Waals surface area contributed by atoms with Gasteiger partial charge in [0.05, 0.1) is 5.69 Å². The van der Waals surface area contributed by atoms with E-state index < -0.39 is 0 Å². The second kappa shape index (κ2) is 9.80. The average molecular weight is 466 g/mol. The first-order chi connectivity index (χ1) is 15.5. The van der Waals surface area contributed by atoms with Crippen LogP contribution in [0.2, 0.25) is 5.02 Å². The standard InChI is InChI=1S/C24H17ClFN3O2S/c25-18-5-11-21(12-6-18)32-22-13-14-23(30)29(28-22)20-9-3-17(4-10-20)24(31)27-15-16-1-7-19(26)8-2-16/h1-14H,15H2,(H,27,31). The molecule has 0 aliphatic heterocycles. The van der Waals surface area contributed by atoms with Crippen molar-refractivity contribution < 1.29 is 9.18 Å². The van der Waals surface area contributed by atoms with Gasteiger partial charge < -0.3 is 5.32 Å². The molecule has 4 rings (SSSR count). The van der Waals surface area contributed by atoms with E-state index in [0.29, 0.717) is 21.3 Å². The molecule has 0 bridgehead atoms. The van der Waals surface area contributed by atoms with Crippen LogP contribution in [-0.2, 0) is 6.54 Å². The number of aromatic nitrogens is 2. The van der Waals surface area contributed by atoms with Crippen molar-refractivity contribution in [3.63, 3.8) is 0 Å². The van der Waals surface area contributed by atoms with Crippen molar-refractivity contribution in [1.29, 1.82) is 0 Å². The molecule has 1 amide bonds. The van der Waals surface area contributed by atoms with Gasteiger partial charge in [-0.2, -0.15) is 9.78 Å². The van der Waals surface area contributed by atoms with Crippen LogP contribution in [-0.4, -0.2) is 15.7 Å². The highest BCUT2D eigenvalue weighted by molar-refractivity contribution is 7.99. The first-order valence-corrected chi connectivity index (χ1v) is 10.8. The molecule has 0 radical (unpaired) electrons. The number of benzene rings is 3. The van der Waals surface area contributed by atoms with Crippen LogP contribution in [0.1, 0.15) is 15.9 Å². The molecule has 0 aliphatic carbocycles. The molecular formula is C24H17ClFN3O2S. The van der Waals surface area contributed by atoms with Crippen molar-refractivity contribution in [2.45, 2.75) is 16.5 Å². The van der Waals surface area contributed by atoms with Crippen LogP contribution in [0.25, 0.3) is 5.69 Å². The fraction of sp³-hybridized carbons (Fsp3) is 0.0417. The van der Waals surface area contributed by atoms with Crippen molar-refractivity contribution in [3.05, 3.63) is 117 Å². The van der Waals surface area contributed by atoms with Crippen LogP contribution in [0.4, 0.5) is 4.39 Å². The topological polar surface area (TPSA) is 64.0 Å². The fourth-order valence-electron chi connectivity index (χ4n) is 2.90. The zero-order valence-electron chi connectivity index (χ0n) is 16.7. The summed E-state index contributed by atoms with van der Waals surface area (Å²) >= 11 is 7.33. The summed E-state index contributed by atoms with van der Waals surface area (Å²) < 4.78 is 14.3. The van der Waals surface area contributed by atoms with Gasteiger partial charge in [0, 0.05) is 28.1 Å². The van der Waals surface area contributed by atoms with Crippen molar-refractivity contribution in [3.8, 4) is 5.69 Å². The van der Waals surface area contributed by atoms with E-state index in [0.717, 1.165) is 10.5 Å². The normalized spacial score (nSPS) is 10.7. The summed E-state index contributed by atoms with van der Waals surface area (Å²) in [7, 11) is 0. The van der Waals surface area contributed by atoms with E-state index in [1.807, 2.05) is 12.1 Å². The lowest BCUT2D eigenvalue weighted by atomic mass is 10.1. The zero-order chi connectivity index (χ0) is 22.5. The van der Waals surface area contributed by atoms with Gasteiger partial charge in [0.1, 0.15) is 10.8 Å². The number of halogens is 2. The maximum absolute atomic E-state index is 13.0. The predicted octanol–water partition coefficient (Wildman–Crippen LogP) is 5.11. The van der Waals surface area contributed by atoms with E-state index in [-0.39, 0.29) is 23.8 Å². The second-order valence-corrected chi connectivity index (χ2v) is 8.36. The molecule has 0 fully saturated rings. The van der Waals surface area contributed by atoms with Crippen LogP contribution in [0.15, 0.2) is 99.6 Å². The number of nitrogens with one attached hydrogen (secondary N) is 1. The summed E-state index contributed by atoms with van der Waals surface area (Å²) in [6.07, 6.45) is 0. The van der Waals surface area contributed by atoms with Crippen LogP contribution >= 0.6 is 23.4 Å². The minimum atomic E-state index is -0.324. The lowest BCUT2D eigenvalue weighted by Gasteiger charge is -2.09. The monoisotopic (exact) mass is 465 g/mol. The van der Waals surface area contributed by atoms with Crippen LogP contribution < -0.4 is 10.9 Å². The average Bonchev–Trinajstić information content (AvgIpc) is 2.81. The quantitative estimate of drug-likeness (QED) is 0.430. The Kier molecular flexibility index (Phi) is 6.68. The third-order valence-corrected chi connectivity index (χ3v) is 5.74. The highest BCUT2D eigenvalue weighted by atomic mass is 35.5. The first kappa shape index (κ1) is 21.8. The van der Waals surface area contributed by atoms with Crippen LogP contribution in [0, 0.1) is 5.82 Å². The number of hydrogen-bond acceptors (Lipinski definition) is 4. The van der Waals surface area contributed by atoms with Gasteiger partial charge >= 0.3 is 0 Å². The Morgan fingerprint density at radius 3 is 2.31 bits per heavy atom. The van der Waals surface area contributed by atoms with Gasteiger partial charge in [-0.15, -0.1) is 0 Å². The van der Waals surface area contributed by atoms with Gasteiger partial charge in [0.25, 0.3) is 11.5 Å². The smallest absolute Gasteiger partial charge is 0.271 e. The largest absolute Gasteiger partial charge is 0.348 e. The van der Waals surface area contributed by atoms with Crippen molar-refractivity contribution in [2.24, 2.45) is 0 Å². The molecule has 0 spiro atoms. The molecule has 4 aromatic rings. The van der Waals surface area contributed by atoms with Crippen LogP contribution in [0.3, 0.4) is 0 Å². The van der Waals surface area contributed by atoms with Gasteiger partial charge in [0.2, 0.25) is 0 Å². The summed E-state index contributed by atoms with van der Waals surface area (Å²) in [6, 6.07) is 23.0. The molecule has 0 aliphatic rings. The Hall–Kier alpha value is -3.42. The predicted molar refractivity (Wildman–Crippen MR) is 123 cm³/mol. The molecule has 8 heteroatoms. The third kappa shape index (κ3) is 5.43. The first-order valence-electron chi connectivity index (χ1n) is 9.65. The number of rotatable bonds is 6. The van der Waals surface area contributed by atoms with Crippen molar-refractivity contribution in [1.82, 2.24) is 15.1 Å². The minimum absolute atomic E-state index is 0.270. The summed E-state index contributed by atoms with van der Waals surface area (Å²) in [5.74, 6) is -0.594. The fourth-order valence-corrected chi connectivity index (χ4v) is 3.80. The highest BCUT2D eigenvalue weighted by Gasteiger charge is 2.09. The minimum Gasteiger partial charge on any atom is -0.348 e. The van der Waals surface area contributed by atoms with Crippen molar-refractivity contribution in [2.75, 3.05) is 0 Å². The molecule has 3 aromatic carbocycles. The SMILES string of the molecule is O=C(NCc1ccc(F)cc1)c1ccc(-n2nc(Sc3ccc(Cl)cc3)ccc2=O)cc1. The molecule has 0 saturated heterocycles. The summed E-state index contributed by atoms with van der Waals surface area (Å²) in [5.41, 5.74) is 1.50. The second-order valence-electron chi connectivity index (χ2n) is 6.83. The van der Waals surface area contributed by atoms with Gasteiger partial charge in [-0.3, -0.25) is 9.59 Å². The Labute approximate surface area is 192 Å². The Bertz CT molecular complexity index is 1290. The van der Waals surface area contributed by atoms with E-state index in [1.165, 1.54) is 34.6 Å². The Balaban J connectivity index is 1.47. The van der Waals surface area contributed by atoms with E-state index in [2.05, 4.69) is 10.4 Å². The summed E-state index contributed by atoms with van der Waals surface area (Å²) in [4.78, 5) is 25.7. The highest BCUT2D eigenvalue weighted by Crippen LogP contribution is 2.26. The summed E-state index contributed by atoms with van der Waals surface area (Å²) in [6.45, 7) is 0.284. The van der Waals surface area contributed by atoms with Gasteiger partial charge in [0.15, 0.2) is 0 Å². The van der Waals surface area contributed by atoms with Gasteiger partial charge in [-0.05, 0) is 72.3 Å². The molecule has 32 heavy (non-hydrogen) atoms. The number of carbonyl (C=O) groups excluding carboxylic acids is 1. The van der Waals surface area contributed by atoms with E-state index in [9.17, 15) is 14.0 Å². The number of nitrogens with zero attached hydrogens (tertiary/aromatic N) is 2. The molecule has 0 saturated carbocycles. The molecular weight excluding hydrogens is 449 g/mol. The molecule has 1 aromatic heterocycles. The molecule has 5 nitrogen and oxygen atoms in total. The van der Waals surface area contributed by atoms with Crippen LogP contribution in [0.5, 0.6) is 0 Å². The van der Waals surface area contributed by atoms with E-state index in [1.54, 1.807) is 54.6 Å². The van der Waals surface area contributed by atoms with Gasteiger partial charge in [-0.1, -0.05) is 35.5 Å². The Morgan fingerprint density at radius 1 is 0.938 bits per heavy atom.